The van der Waals surface area contributed by atoms with Crippen LogP contribution in [0.5, 0.6) is 17.2 Å². The van der Waals surface area contributed by atoms with E-state index in [0.717, 1.165) is 82.0 Å². The van der Waals surface area contributed by atoms with Crippen LogP contribution >= 0.6 is 11.6 Å². The van der Waals surface area contributed by atoms with Crippen molar-refractivity contribution in [3.8, 4) is 28.4 Å². The van der Waals surface area contributed by atoms with Crippen molar-refractivity contribution in [3.63, 3.8) is 0 Å². The number of likely N-dealkylation sites (tertiary alicyclic amines) is 2. The van der Waals surface area contributed by atoms with Gasteiger partial charge in [-0.1, -0.05) is 41.9 Å². The fourth-order valence-corrected chi connectivity index (χ4v) is 7.95. The predicted octanol–water partition coefficient (Wildman–Crippen LogP) is 8.38. The Kier molecular flexibility index (Phi) is 10.8. The van der Waals surface area contributed by atoms with Gasteiger partial charge in [0.2, 0.25) is 0 Å². The fourth-order valence-electron chi connectivity index (χ4n) is 7.72. The molecule has 1 N–H and O–H groups in total. The quantitative estimate of drug-likeness (QED) is 0.200. The lowest BCUT2D eigenvalue weighted by atomic mass is 9.93. The van der Waals surface area contributed by atoms with E-state index in [-0.39, 0.29) is 12.2 Å². The molecule has 2 fully saturated rings. The first-order valence-corrected chi connectivity index (χ1v) is 17.8. The van der Waals surface area contributed by atoms with Crippen molar-refractivity contribution in [1.82, 2.24) is 9.80 Å². The fraction of sp³-hybridized carbons (Fsp3) is 0.538. The summed E-state index contributed by atoms with van der Waals surface area (Å²) >= 11 is 6.86. The van der Waals surface area contributed by atoms with Crippen molar-refractivity contribution < 1.29 is 19.3 Å². The van der Waals surface area contributed by atoms with Gasteiger partial charge in [-0.25, -0.2) is 0 Å². The molecule has 6 rings (SSSR count). The van der Waals surface area contributed by atoms with Gasteiger partial charge >= 0.3 is 0 Å². The molecule has 0 spiro atoms. The first kappa shape index (κ1) is 33.1. The first-order chi connectivity index (χ1) is 22.3. The van der Waals surface area contributed by atoms with Crippen LogP contribution in [-0.2, 0) is 13.0 Å². The Bertz CT molecular complexity index is 1480. The van der Waals surface area contributed by atoms with Crippen LogP contribution in [0, 0.1) is 6.92 Å². The van der Waals surface area contributed by atoms with Crippen molar-refractivity contribution >= 4 is 11.6 Å². The van der Waals surface area contributed by atoms with Gasteiger partial charge < -0.3 is 19.3 Å². The number of fused-ring (bicyclic) bond motifs is 1. The molecule has 3 aromatic carbocycles. The molecule has 0 radical (unpaired) electrons. The minimum absolute atomic E-state index is 0.0773. The summed E-state index contributed by atoms with van der Waals surface area (Å²) in [5.41, 5.74) is 7.29. The van der Waals surface area contributed by atoms with Gasteiger partial charge in [-0.05, 0) is 113 Å². The Hall–Kier alpha value is -2.77. The van der Waals surface area contributed by atoms with Gasteiger partial charge in [0, 0.05) is 49.9 Å². The molecule has 1 unspecified atom stereocenters. The first-order valence-electron chi connectivity index (χ1n) is 17.4. The van der Waals surface area contributed by atoms with E-state index in [0.29, 0.717) is 29.5 Å². The van der Waals surface area contributed by atoms with E-state index in [2.05, 4.69) is 67.0 Å². The third-order valence-electron chi connectivity index (χ3n) is 10.4. The summed E-state index contributed by atoms with van der Waals surface area (Å²) < 4.78 is 19.1. The highest BCUT2D eigenvalue weighted by Gasteiger charge is 2.29. The summed E-state index contributed by atoms with van der Waals surface area (Å²) in [6.07, 6.45) is 6.81. The van der Waals surface area contributed by atoms with Gasteiger partial charge in [-0.3, -0.25) is 9.80 Å². The average Bonchev–Trinajstić information content (AvgIpc) is 3.61. The minimum atomic E-state index is -0.194. The van der Waals surface area contributed by atoms with E-state index in [9.17, 15) is 5.11 Å². The number of halogens is 1. The number of ether oxygens (including phenoxy) is 3. The van der Waals surface area contributed by atoms with Crippen LogP contribution in [0.3, 0.4) is 0 Å². The normalized spacial score (nSPS) is 22.3. The molecule has 2 heterocycles. The predicted molar refractivity (Wildman–Crippen MR) is 186 cm³/mol. The van der Waals surface area contributed by atoms with E-state index >= 15 is 0 Å². The smallest absolute Gasteiger partial charge is 0.142 e. The molecule has 0 aromatic heterocycles. The highest BCUT2D eigenvalue weighted by atomic mass is 35.5. The molecule has 6 nitrogen and oxygen atoms in total. The zero-order valence-electron chi connectivity index (χ0n) is 28.1. The highest BCUT2D eigenvalue weighted by Crippen LogP contribution is 2.44. The Balaban J connectivity index is 1.15. The van der Waals surface area contributed by atoms with Crippen LogP contribution in [0.4, 0.5) is 0 Å². The van der Waals surface area contributed by atoms with Crippen LogP contribution in [-0.4, -0.2) is 65.9 Å². The van der Waals surface area contributed by atoms with Crippen LogP contribution in [0.1, 0.15) is 87.7 Å². The Morgan fingerprint density at radius 3 is 2.37 bits per heavy atom. The molecule has 0 bridgehead atoms. The van der Waals surface area contributed by atoms with Gasteiger partial charge in [0.1, 0.15) is 23.4 Å². The van der Waals surface area contributed by atoms with Gasteiger partial charge in [-0.15, -0.1) is 0 Å². The van der Waals surface area contributed by atoms with E-state index in [1.807, 2.05) is 19.1 Å². The molecular weight excluding hydrogens is 596 g/mol. The Morgan fingerprint density at radius 1 is 0.870 bits per heavy atom. The average molecular weight is 647 g/mol. The zero-order chi connectivity index (χ0) is 32.2. The third kappa shape index (κ3) is 7.36. The molecule has 3 aromatic rings. The molecule has 0 amide bonds. The van der Waals surface area contributed by atoms with Gasteiger partial charge in [-0.2, -0.15) is 0 Å². The molecule has 46 heavy (non-hydrogen) atoms. The Labute approximate surface area is 280 Å². The highest BCUT2D eigenvalue weighted by molar-refractivity contribution is 6.32. The lowest BCUT2D eigenvalue weighted by Gasteiger charge is -2.30. The minimum Gasteiger partial charge on any atom is -0.493 e. The van der Waals surface area contributed by atoms with E-state index in [1.54, 1.807) is 0 Å². The number of rotatable bonds is 12. The lowest BCUT2D eigenvalue weighted by molar-refractivity contribution is 0.0788. The van der Waals surface area contributed by atoms with Gasteiger partial charge in [0.05, 0.1) is 24.3 Å². The third-order valence-corrected chi connectivity index (χ3v) is 10.7. The largest absolute Gasteiger partial charge is 0.493 e. The SMILES string of the molecule is CCOc1cc(O[C@H]2CCc3c(-c4cccc(OCCCN5C(C)CC[C@H]5C)c4C)cccc32)c(Cl)cc1CN1CCC(O)CC1. The second-order valence-electron chi connectivity index (χ2n) is 13.5. The summed E-state index contributed by atoms with van der Waals surface area (Å²) in [6.45, 7) is 13.8. The number of nitrogens with zero attached hydrogens (tertiary/aromatic N) is 2. The summed E-state index contributed by atoms with van der Waals surface area (Å²) in [6, 6.07) is 18.3. The maximum Gasteiger partial charge on any atom is 0.142 e. The van der Waals surface area contributed by atoms with Crippen LogP contribution in [0.25, 0.3) is 11.1 Å². The molecule has 2 aliphatic heterocycles. The van der Waals surface area contributed by atoms with Crippen molar-refractivity contribution in [2.75, 3.05) is 32.8 Å². The van der Waals surface area contributed by atoms with Crippen molar-refractivity contribution in [3.05, 3.63) is 75.8 Å². The van der Waals surface area contributed by atoms with E-state index < -0.39 is 0 Å². The summed E-state index contributed by atoms with van der Waals surface area (Å²) in [5.74, 6) is 2.45. The molecule has 248 valence electrons. The monoisotopic (exact) mass is 646 g/mol. The maximum absolute atomic E-state index is 9.91. The molecule has 7 heteroatoms. The Morgan fingerprint density at radius 2 is 1.61 bits per heavy atom. The molecule has 0 saturated carbocycles. The number of aliphatic hydroxyl groups excluding tert-OH is 1. The molecular formula is C39H51ClN2O4. The van der Waals surface area contributed by atoms with Crippen molar-refractivity contribution in [1.29, 1.82) is 0 Å². The van der Waals surface area contributed by atoms with Crippen LogP contribution < -0.4 is 14.2 Å². The summed E-state index contributed by atoms with van der Waals surface area (Å²) in [4.78, 5) is 4.98. The second kappa shape index (κ2) is 15.0. The molecule has 2 saturated heterocycles. The number of aliphatic hydroxyl groups is 1. The molecule has 1 aliphatic carbocycles. The standard InChI is InChI=1S/C39H51ClN2O4/c1-5-44-38-24-39(35(40)23-29(38)25-41-20-17-30(43)18-21-41)46-37-16-15-33-32(10-6-11-34(33)37)31-9-7-12-36(28(31)4)45-22-8-19-42-26(2)13-14-27(42)3/h6-7,9-12,23-24,26-27,30,37,43H,5,8,13-22,25H2,1-4H3/t26-,27?,37+/m1/s1. The van der Waals surface area contributed by atoms with E-state index in [1.165, 1.54) is 40.7 Å². The molecule has 3 aliphatic rings. The lowest BCUT2D eigenvalue weighted by Crippen LogP contribution is -2.35. The van der Waals surface area contributed by atoms with Crippen molar-refractivity contribution in [2.45, 2.75) is 103 Å². The number of hydrogen-bond donors (Lipinski definition) is 1. The number of piperidine rings is 1. The second-order valence-corrected chi connectivity index (χ2v) is 13.9. The summed E-state index contributed by atoms with van der Waals surface area (Å²) in [5, 5.41) is 10.5. The van der Waals surface area contributed by atoms with Crippen LogP contribution in [0.2, 0.25) is 5.02 Å². The van der Waals surface area contributed by atoms with Gasteiger partial charge in [0.25, 0.3) is 0 Å². The topological polar surface area (TPSA) is 54.4 Å². The number of hydrogen-bond acceptors (Lipinski definition) is 6. The van der Waals surface area contributed by atoms with E-state index in [4.69, 9.17) is 25.8 Å². The maximum atomic E-state index is 9.91. The van der Waals surface area contributed by atoms with Crippen LogP contribution in [0.15, 0.2) is 48.5 Å². The summed E-state index contributed by atoms with van der Waals surface area (Å²) in [7, 11) is 0. The van der Waals surface area contributed by atoms with Gasteiger partial charge in [0.15, 0.2) is 0 Å². The zero-order valence-corrected chi connectivity index (χ0v) is 28.8. The molecule has 3 atom stereocenters. The number of benzene rings is 3. The van der Waals surface area contributed by atoms with Crippen molar-refractivity contribution in [2.24, 2.45) is 0 Å².